The average Bonchev–Trinajstić information content (AvgIpc) is 3.31. The van der Waals surface area contributed by atoms with Crippen molar-refractivity contribution in [3.63, 3.8) is 0 Å². The van der Waals surface area contributed by atoms with Crippen LogP contribution in [-0.2, 0) is 21.4 Å². The minimum atomic E-state index is -4.06. The van der Waals surface area contributed by atoms with E-state index in [1.54, 1.807) is 6.07 Å². The van der Waals surface area contributed by atoms with Crippen LogP contribution < -0.4 is 0 Å². The second-order valence-electron chi connectivity index (χ2n) is 8.87. The highest BCUT2D eigenvalue weighted by atomic mass is 79.9. The number of hydrogen-bond donors (Lipinski definition) is 0. The summed E-state index contributed by atoms with van der Waals surface area (Å²) >= 11 is 16.0. The third-order valence-electron chi connectivity index (χ3n) is 6.46. The zero-order valence-corrected chi connectivity index (χ0v) is 23.7. The second-order valence-corrected chi connectivity index (χ2v) is 12.5. The predicted molar refractivity (Wildman–Crippen MR) is 148 cm³/mol. The topological polar surface area (TPSA) is 57.7 Å². The first-order valence-corrected chi connectivity index (χ1v) is 14.7. The summed E-state index contributed by atoms with van der Waals surface area (Å²) in [5.74, 6) is -0.0710. The van der Waals surface area contributed by atoms with E-state index in [9.17, 15) is 13.2 Å². The summed E-state index contributed by atoms with van der Waals surface area (Å²) in [5.41, 5.74) is 3.05. The van der Waals surface area contributed by atoms with Gasteiger partial charge in [-0.05, 0) is 60.7 Å². The molecule has 0 bridgehead atoms. The van der Waals surface area contributed by atoms with E-state index in [1.807, 2.05) is 48.2 Å². The molecule has 3 aromatic carbocycles. The molecule has 0 radical (unpaired) electrons. The Morgan fingerprint density at radius 3 is 2.42 bits per heavy atom. The Kier molecular flexibility index (Phi) is 8.79. The van der Waals surface area contributed by atoms with Gasteiger partial charge in [-0.15, -0.1) is 0 Å². The number of benzene rings is 3. The van der Waals surface area contributed by atoms with E-state index in [1.165, 1.54) is 16.4 Å². The average molecular weight is 610 g/mol. The quantitative estimate of drug-likeness (QED) is 0.276. The van der Waals surface area contributed by atoms with Gasteiger partial charge in [-0.3, -0.25) is 4.79 Å². The summed E-state index contributed by atoms with van der Waals surface area (Å²) in [6, 6.07) is 20.0. The van der Waals surface area contributed by atoms with Gasteiger partial charge in [0.2, 0.25) is 15.9 Å². The number of carbonyl (C=O) groups is 1. The van der Waals surface area contributed by atoms with Crippen molar-refractivity contribution in [1.29, 1.82) is 0 Å². The molecule has 0 aromatic heterocycles. The zero-order chi connectivity index (χ0) is 25.9. The lowest BCUT2D eigenvalue weighted by Gasteiger charge is -2.28. The molecule has 36 heavy (non-hydrogen) atoms. The molecule has 1 unspecified atom stereocenters. The van der Waals surface area contributed by atoms with Crippen LogP contribution in [0.15, 0.2) is 76.1 Å². The van der Waals surface area contributed by atoms with E-state index in [0.29, 0.717) is 6.54 Å². The van der Waals surface area contributed by atoms with Crippen molar-refractivity contribution in [1.82, 2.24) is 9.21 Å². The van der Waals surface area contributed by atoms with Crippen LogP contribution in [0.1, 0.15) is 42.0 Å². The molecule has 1 saturated heterocycles. The molecule has 3 aromatic rings. The number of sulfonamides is 1. The SMILES string of the molecule is Cc1cc(Br)ccc1C1CCCN1C(=O)CCN(Cc1ccccc1)S(=O)(=O)c1c(Cl)cccc1Cl. The normalized spacial score (nSPS) is 16.0. The molecule has 0 saturated carbocycles. The summed E-state index contributed by atoms with van der Waals surface area (Å²) < 4.78 is 29.7. The fourth-order valence-electron chi connectivity index (χ4n) is 4.69. The Morgan fingerprint density at radius 2 is 1.75 bits per heavy atom. The van der Waals surface area contributed by atoms with Crippen molar-refractivity contribution >= 4 is 55.1 Å². The third kappa shape index (κ3) is 5.97. The highest BCUT2D eigenvalue weighted by molar-refractivity contribution is 9.10. The Labute approximate surface area is 231 Å². The first-order chi connectivity index (χ1) is 17.2. The molecule has 190 valence electrons. The lowest BCUT2D eigenvalue weighted by atomic mass is 9.99. The van der Waals surface area contributed by atoms with Gasteiger partial charge in [-0.25, -0.2) is 8.42 Å². The lowest BCUT2D eigenvalue weighted by molar-refractivity contribution is -0.132. The molecule has 0 aliphatic carbocycles. The largest absolute Gasteiger partial charge is 0.336 e. The summed E-state index contributed by atoms with van der Waals surface area (Å²) in [6.45, 7) is 2.82. The zero-order valence-electron chi connectivity index (χ0n) is 19.8. The van der Waals surface area contributed by atoms with Crippen molar-refractivity contribution < 1.29 is 13.2 Å². The highest BCUT2D eigenvalue weighted by Gasteiger charge is 2.33. The Balaban J connectivity index is 1.58. The van der Waals surface area contributed by atoms with Crippen molar-refractivity contribution in [2.24, 2.45) is 0 Å². The molecule has 5 nitrogen and oxygen atoms in total. The Bertz CT molecular complexity index is 1330. The van der Waals surface area contributed by atoms with Crippen LogP contribution in [0.4, 0.5) is 0 Å². The fourth-order valence-corrected chi connectivity index (χ4v) is 7.69. The van der Waals surface area contributed by atoms with Crippen LogP contribution in [0.5, 0.6) is 0 Å². The number of hydrogen-bond acceptors (Lipinski definition) is 3. The van der Waals surface area contributed by atoms with Crippen LogP contribution in [-0.4, -0.2) is 36.6 Å². The van der Waals surface area contributed by atoms with Crippen LogP contribution in [0.25, 0.3) is 0 Å². The van der Waals surface area contributed by atoms with E-state index >= 15 is 0 Å². The summed E-state index contributed by atoms with van der Waals surface area (Å²) in [5, 5.41) is 0.106. The number of rotatable bonds is 8. The van der Waals surface area contributed by atoms with Crippen molar-refractivity contribution in [3.05, 3.63) is 97.9 Å². The minimum Gasteiger partial charge on any atom is -0.336 e. The maximum absolute atomic E-state index is 13.7. The van der Waals surface area contributed by atoms with E-state index in [-0.39, 0.29) is 46.4 Å². The number of amides is 1. The first-order valence-electron chi connectivity index (χ1n) is 11.7. The molecule has 1 fully saturated rings. The van der Waals surface area contributed by atoms with Gasteiger partial charge in [0.15, 0.2) is 0 Å². The van der Waals surface area contributed by atoms with Gasteiger partial charge in [0.1, 0.15) is 4.90 Å². The maximum atomic E-state index is 13.7. The van der Waals surface area contributed by atoms with Crippen LogP contribution in [0.2, 0.25) is 10.0 Å². The van der Waals surface area contributed by atoms with Crippen molar-refractivity contribution in [2.45, 2.75) is 43.7 Å². The predicted octanol–water partition coefficient (Wildman–Crippen LogP) is 7.01. The molecule has 1 aliphatic heterocycles. The Hall–Kier alpha value is -1.90. The van der Waals surface area contributed by atoms with Gasteiger partial charge in [0.25, 0.3) is 0 Å². The van der Waals surface area contributed by atoms with Crippen molar-refractivity contribution in [2.75, 3.05) is 13.1 Å². The van der Waals surface area contributed by atoms with Gasteiger partial charge < -0.3 is 4.90 Å². The highest BCUT2D eigenvalue weighted by Crippen LogP contribution is 2.36. The summed E-state index contributed by atoms with van der Waals surface area (Å²) in [4.78, 5) is 15.1. The van der Waals surface area contributed by atoms with Gasteiger partial charge >= 0.3 is 0 Å². The molecule has 1 aliphatic rings. The minimum absolute atomic E-state index is 0.0113. The van der Waals surface area contributed by atoms with Crippen molar-refractivity contribution in [3.8, 4) is 0 Å². The van der Waals surface area contributed by atoms with Crippen LogP contribution >= 0.6 is 39.1 Å². The van der Waals surface area contributed by atoms with Gasteiger partial charge in [-0.2, -0.15) is 4.31 Å². The standard InChI is InChI=1S/C27H27BrCl2N2O3S/c1-19-17-21(28)12-13-22(19)25-11-6-15-32(25)26(33)14-16-31(18-20-7-3-2-4-8-20)36(34,35)27-23(29)9-5-10-24(27)30/h2-5,7-10,12-13,17,25H,6,11,14-16,18H2,1H3. The number of likely N-dealkylation sites (tertiary alicyclic amines) is 1. The molecule has 0 spiro atoms. The summed E-state index contributed by atoms with van der Waals surface area (Å²) in [7, 11) is -4.06. The number of carbonyl (C=O) groups excluding carboxylic acids is 1. The molecule has 0 N–H and O–H groups in total. The number of aryl methyl sites for hydroxylation is 1. The molecule has 4 rings (SSSR count). The van der Waals surface area contributed by atoms with E-state index in [0.717, 1.165) is 34.0 Å². The van der Waals surface area contributed by atoms with Crippen LogP contribution in [0, 0.1) is 6.92 Å². The first kappa shape index (κ1) is 27.1. The molecule has 1 heterocycles. The molecule has 1 atom stereocenters. The molecular formula is C27H27BrCl2N2O3S. The second kappa shape index (κ2) is 11.7. The monoisotopic (exact) mass is 608 g/mol. The van der Waals surface area contributed by atoms with Crippen LogP contribution in [0.3, 0.4) is 0 Å². The van der Waals surface area contributed by atoms with E-state index < -0.39 is 10.0 Å². The molecule has 9 heteroatoms. The van der Waals surface area contributed by atoms with Gasteiger partial charge in [0, 0.05) is 30.5 Å². The summed E-state index contributed by atoms with van der Waals surface area (Å²) in [6.07, 6.45) is 1.85. The maximum Gasteiger partial charge on any atom is 0.246 e. The van der Waals surface area contributed by atoms with E-state index in [2.05, 4.69) is 28.1 Å². The van der Waals surface area contributed by atoms with Gasteiger partial charge in [-0.1, -0.05) is 81.6 Å². The smallest absolute Gasteiger partial charge is 0.246 e. The Morgan fingerprint density at radius 1 is 1.06 bits per heavy atom. The molecule has 1 amide bonds. The molecular weight excluding hydrogens is 583 g/mol. The number of halogens is 3. The number of nitrogens with zero attached hydrogens (tertiary/aromatic N) is 2. The fraction of sp³-hybridized carbons (Fsp3) is 0.296. The van der Waals surface area contributed by atoms with E-state index in [4.69, 9.17) is 23.2 Å². The lowest BCUT2D eigenvalue weighted by Crippen LogP contribution is -2.37. The third-order valence-corrected chi connectivity index (χ3v) is 9.75. The van der Waals surface area contributed by atoms with Gasteiger partial charge in [0.05, 0.1) is 16.1 Å².